The van der Waals surface area contributed by atoms with Crippen LogP contribution in [0.2, 0.25) is 0 Å². The second kappa shape index (κ2) is 10.3. The van der Waals surface area contributed by atoms with Gasteiger partial charge in [0, 0.05) is 5.92 Å². The standard InChI is InChI=1S/C20H35NO14/c1-5-15(34-19-14(29)12(27)10(25)7(3-23)32-19)16-9(6(2-22)31-5)18(33-16)20(21)17(30)13(28)11(26)8(4-24)35-20/h5-19,22-30H,2-4,21H2,1H3. The zero-order chi connectivity index (χ0) is 25.8. The second-order valence-corrected chi connectivity index (χ2v) is 9.58. The van der Waals surface area contributed by atoms with Crippen molar-refractivity contribution in [1.82, 2.24) is 0 Å². The van der Waals surface area contributed by atoms with Gasteiger partial charge in [-0.1, -0.05) is 0 Å². The Morgan fingerprint density at radius 1 is 0.743 bits per heavy atom. The van der Waals surface area contributed by atoms with Gasteiger partial charge >= 0.3 is 0 Å². The van der Waals surface area contributed by atoms with Crippen molar-refractivity contribution in [2.45, 2.75) is 98.3 Å². The van der Waals surface area contributed by atoms with Crippen molar-refractivity contribution < 1.29 is 69.6 Å². The van der Waals surface area contributed by atoms with Crippen LogP contribution in [-0.2, 0) is 23.7 Å². The summed E-state index contributed by atoms with van der Waals surface area (Å²) in [6.07, 6.45) is -18.7. The number of nitrogens with two attached hydrogens (primary N) is 1. The number of aliphatic hydroxyl groups excluding tert-OH is 9. The molecular formula is C20H35NO14. The first kappa shape index (κ1) is 27.4. The number of rotatable bonds is 6. The fraction of sp³-hybridized carbons (Fsp3) is 1.00. The summed E-state index contributed by atoms with van der Waals surface area (Å²) in [5.74, 6) is -0.771. The third-order valence-electron chi connectivity index (χ3n) is 7.45. The first-order valence-corrected chi connectivity index (χ1v) is 11.5. The Bertz CT molecular complexity index is 730. The number of aliphatic hydroxyl groups is 9. The van der Waals surface area contributed by atoms with Gasteiger partial charge in [-0.3, -0.25) is 5.73 Å². The van der Waals surface area contributed by atoms with Crippen LogP contribution in [0.1, 0.15) is 6.92 Å². The van der Waals surface area contributed by atoms with E-state index < -0.39 is 117 Å². The Morgan fingerprint density at radius 3 is 1.94 bits per heavy atom. The molecule has 4 aliphatic rings. The Balaban J connectivity index is 1.54. The third-order valence-corrected chi connectivity index (χ3v) is 7.45. The van der Waals surface area contributed by atoms with Gasteiger partial charge in [0.25, 0.3) is 0 Å². The Kier molecular flexibility index (Phi) is 8.06. The number of hydrogen-bond acceptors (Lipinski definition) is 15. The average molecular weight is 513 g/mol. The van der Waals surface area contributed by atoms with Gasteiger partial charge in [0.05, 0.1) is 38.1 Å². The van der Waals surface area contributed by atoms with E-state index in [0.717, 1.165) is 0 Å². The number of fused-ring (bicyclic) bond motifs is 1. The molecule has 4 rings (SSSR count). The molecule has 0 aliphatic carbocycles. The summed E-state index contributed by atoms with van der Waals surface area (Å²) in [4.78, 5) is 0. The van der Waals surface area contributed by atoms with E-state index in [1.165, 1.54) is 0 Å². The van der Waals surface area contributed by atoms with Crippen LogP contribution in [0.3, 0.4) is 0 Å². The lowest BCUT2D eigenvalue weighted by atomic mass is 9.71. The fourth-order valence-electron chi connectivity index (χ4n) is 5.40. The van der Waals surface area contributed by atoms with E-state index in [4.69, 9.17) is 29.4 Å². The van der Waals surface area contributed by atoms with Crippen LogP contribution in [0, 0.1) is 5.92 Å². The van der Waals surface area contributed by atoms with Crippen molar-refractivity contribution in [1.29, 1.82) is 0 Å². The smallest absolute Gasteiger partial charge is 0.187 e. The van der Waals surface area contributed by atoms with Gasteiger partial charge < -0.3 is 69.6 Å². The molecule has 0 spiro atoms. The van der Waals surface area contributed by atoms with E-state index in [1.807, 2.05) is 0 Å². The van der Waals surface area contributed by atoms with Crippen LogP contribution in [0.4, 0.5) is 0 Å². The van der Waals surface area contributed by atoms with Crippen LogP contribution in [0.15, 0.2) is 0 Å². The van der Waals surface area contributed by atoms with E-state index >= 15 is 0 Å². The van der Waals surface area contributed by atoms with Crippen LogP contribution in [0.5, 0.6) is 0 Å². The Hall–Kier alpha value is -0.600. The molecule has 0 amide bonds. The van der Waals surface area contributed by atoms with Crippen molar-refractivity contribution in [2.75, 3.05) is 19.8 Å². The molecule has 0 bridgehead atoms. The lowest BCUT2D eigenvalue weighted by Gasteiger charge is -2.62. The molecule has 4 aliphatic heterocycles. The highest BCUT2D eigenvalue weighted by atomic mass is 16.7. The average Bonchev–Trinajstić information content (AvgIpc) is 2.82. The largest absolute Gasteiger partial charge is 0.394 e. The highest BCUT2D eigenvalue weighted by Gasteiger charge is 2.67. The van der Waals surface area contributed by atoms with E-state index in [9.17, 15) is 46.0 Å². The summed E-state index contributed by atoms with van der Waals surface area (Å²) >= 11 is 0. The molecule has 4 heterocycles. The third kappa shape index (κ3) is 4.41. The van der Waals surface area contributed by atoms with Gasteiger partial charge in [-0.05, 0) is 6.92 Å². The maximum absolute atomic E-state index is 10.6. The molecule has 15 nitrogen and oxygen atoms in total. The monoisotopic (exact) mass is 513 g/mol. The van der Waals surface area contributed by atoms with Gasteiger partial charge in [-0.2, -0.15) is 0 Å². The fourth-order valence-corrected chi connectivity index (χ4v) is 5.40. The molecule has 4 saturated heterocycles. The topological polar surface area (TPSA) is 254 Å². The SMILES string of the molecule is CC1OC(CO)C2C(OC2C2(N)OC(CO)C(O)C(O)C2O)C1OC1OC(CO)C(O)C(O)C1O. The molecule has 16 atom stereocenters. The van der Waals surface area contributed by atoms with Crippen LogP contribution in [0.25, 0.3) is 0 Å². The first-order valence-electron chi connectivity index (χ1n) is 11.5. The lowest BCUT2D eigenvalue weighted by molar-refractivity contribution is -0.406. The summed E-state index contributed by atoms with van der Waals surface area (Å²) in [5.41, 5.74) is 4.20. The summed E-state index contributed by atoms with van der Waals surface area (Å²) < 4.78 is 28.6. The zero-order valence-corrected chi connectivity index (χ0v) is 18.9. The van der Waals surface area contributed by atoms with E-state index in [2.05, 4.69) is 0 Å². The Morgan fingerprint density at radius 2 is 1.34 bits per heavy atom. The van der Waals surface area contributed by atoms with Gasteiger partial charge in [-0.25, -0.2) is 0 Å². The molecule has 0 aromatic heterocycles. The summed E-state index contributed by atoms with van der Waals surface area (Å²) in [6.45, 7) is -0.219. The first-order chi connectivity index (χ1) is 16.5. The van der Waals surface area contributed by atoms with Crippen LogP contribution >= 0.6 is 0 Å². The molecular weight excluding hydrogens is 478 g/mol. The van der Waals surface area contributed by atoms with Crippen molar-refractivity contribution in [3.8, 4) is 0 Å². The van der Waals surface area contributed by atoms with Crippen molar-refractivity contribution >= 4 is 0 Å². The Labute approximate surface area is 200 Å². The minimum Gasteiger partial charge on any atom is -0.394 e. The molecule has 4 fully saturated rings. The predicted octanol–water partition coefficient (Wildman–Crippen LogP) is -6.54. The molecule has 16 unspecified atom stereocenters. The summed E-state index contributed by atoms with van der Waals surface area (Å²) in [6, 6.07) is 0. The summed E-state index contributed by atoms with van der Waals surface area (Å²) in [5, 5.41) is 90.1. The predicted molar refractivity (Wildman–Crippen MR) is 109 cm³/mol. The molecule has 204 valence electrons. The highest BCUT2D eigenvalue weighted by molar-refractivity contribution is 5.13. The minimum atomic E-state index is -2.10. The highest BCUT2D eigenvalue weighted by Crippen LogP contribution is 2.48. The molecule has 15 heteroatoms. The second-order valence-electron chi connectivity index (χ2n) is 9.58. The van der Waals surface area contributed by atoms with Gasteiger partial charge in [0.1, 0.15) is 61.0 Å². The number of hydrogen-bond donors (Lipinski definition) is 10. The number of ether oxygens (including phenoxy) is 5. The van der Waals surface area contributed by atoms with Crippen molar-refractivity contribution in [2.24, 2.45) is 11.7 Å². The molecule has 35 heavy (non-hydrogen) atoms. The van der Waals surface area contributed by atoms with Crippen molar-refractivity contribution in [3.05, 3.63) is 0 Å². The molecule has 0 saturated carbocycles. The van der Waals surface area contributed by atoms with Crippen molar-refractivity contribution in [3.63, 3.8) is 0 Å². The molecule has 11 N–H and O–H groups in total. The quantitative estimate of drug-likeness (QED) is 0.158. The molecule has 0 radical (unpaired) electrons. The van der Waals surface area contributed by atoms with E-state index in [-0.39, 0.29) is 0 Å². The van der Waals surface area contributed by atoms with Gasteiger partial charge in [0.2, 0.25) is 0 Å². The van der Waals surface area contributed by atoms with Crippen LogP contribution < -0.4 is 5.73 Å². The van der Waals surface area contributed by atoms with Crippen LogP contribution in [-0.4, -0.2) is 157 Å². The minimum absolute atomic E-state index is 0.473. The normalized spacial score (nSPS) is 56.8. The van der Waals surface area contributed by atoms with Gasteiger partial charge in [0.15, 0.2) is 12.0 Å². The lowest BCUT2D eigenvalue weighted by Crippen LogP contribution is -2.82. The maximum Gasteiger partial charge on any atom is 0.187 e. The summed E-state index contributed by atoms with van der Waals surface area (Å²) in [7, 11) is 0. The van der Waals surface area contributed by atoms with E-state index in [0.29, 0.717) is 0 Å². The molecule has 0 aromatic carbocycles. The van der Waals surface area contributed by atoms with Gasteiger partial charge in [-0.15, -0.1) is 0 Å². The zero-order valence-electron chi connectivity index (χ0n) is 18.9. The maximum atomic E-state index is 10.6. The molecule has 0 aromatic rings. The van der Waals surface area contributed by atoms with E-state index in [1.54, 1.807) is 6.92 Å².